The number of nitrogens with one attached hydrogen (secondary N) is 1. The monoisotopic (exact) mass is 307 g/mol. The highest BCUT2D eigenvalue weighted by Crippen LogP contribution is 2.22. The second-order valence-electron chi connectivity index (χ2n) is 5.40. The minimum absolute atomic E-state index is 0.0864. The van der Waals surface area contributed by atoms with Crippen LogP contribution in [-0.2, 0) is 9.84 Å². The number of aryl methyl sites for hydroxylation is 1. The van der Waals surface area contributed by atoms with Crippen molar-refractivity contribution >= 4 is 9.84 Å². The van der Waals surface area contributed by atoms with Gasteiger partial charge in [0.25, 0.3) is 0 Å². The van der Waals surface area contributed by atoms with Crippen LogP contribution in [0.1, 0.15) is 43.0 Å². The van der Waals surface area contributed by atoms with Crippen molar-refractivity contribution in [2.75, 3.05) is 6.26 Å². The Morgan fingerprint density at radius 2 is 1.62 bits per heavy atom. The van der Waals surface area contributed by atoms with E-state index in [9.17, 15) is 8.42 Å². The largest absolute Gasteiger partial charge is 0.465 e. The predicted molar refractivity (Wildman–Crippen MR) is 83.0 cm³/mol. The van der Waals surface area contributed by atoms with Gasteiger partial charge in [0.2, 0.25) is 0 Å². The molecule has 2 atom stereocenters. The van der Waals surface area contributed by atoms with E-state index in [4.69, 9.17) is 4.42 Å². The van der Waals surface area contributed by atoms with E-state index in [1.807, 2.05) is 45.0 Å². The first kappa shape index (κ1) is 15.8. The highest BCUT2D eigenvalue weighted by atomic mass is 32.2. The highest BCUT2D eigenvalue weighted by molar-refractivity contribution is 7.90. The van der Waals surface area contributed by atoms with Crippen LogP contribution in [0.25, 0.3) is 0 Å². The molecule has 0 saturated heterocycles. The fourth-order valence-corrected chi connectivity index (χ4v) is 2.87. The van der Waals surface area contributed by atoms with Gasteiger partial charge in [0.05, 0.1) is 10.9 Å². The third-order valence-electron chi connectivity index (χ3n) is 3.50. The Morgan fingerprint density at radius 3 is 2.10 bits per heavy atom. The molecule has 0 amide bonds. The summed E-state index contributed by atoms with van der Waals surface area (Å²) >= 11 is 0. The topological polar surface area (TPSA) is 59.3 Å². The van der Waals surface area contributed by atoms with Crippen LogP contribution < -0.4 is 5.32 Å². The Balaban J connectivity index is 2.08. The molecule has 2 rings (SSSR count). The fourth-order valence-electron chi connectivity index (χ4n) is 2.24. The quantitative estimate of drug-likeness (QED) is 0.919. The first-order valence-corrected chi connectivity index (χ1v) is 8.79. The lowest BCUT2D eigenvalue weighted by molar-refractivity contribution is 0.392. The lowest BCUT2D eigenvalue weighted by atomic mass is 10.1. The highest BCUT2D eigenvalue weighted by Gasteiger charge is 2.14. The summed E-state index contributed by atoms with van der Waals surface area (Å²) in [5.41, 5.74) is 1.04. The summed E-state index contributed by atoms with van der Waals surface area (Å²) in [5.74, 6) is 1.79. The molecule has 0 aliphatic carbocycles. The van der Waals surface area contributed by atoms with Crippen molar-refractivity contribution in [2.45, 2.75) is 37.8 Å². The fraction of sp³-hybridized carbons (Fsp3) is 0.375. The van der Waals surface area contributed by atoms with Crippen LogP contribution in [0.2, 0.25) is 0 Å². The van der Waals surface area contributed by atoms with Gasteiger partial charge >= 0.3 is 0 Å². The van der Waals surface area contributed by atoms with Gasteiger partial charge in [0.1, 0.15) is 11.5 Å². The van der Waals surface area contributed by atoms with E-state index in [-0.39, 0.29) is 12.1 Å². The van der Waals surface area contributed by atoms with Gasteiger partial charge in [0.15, 0.2) is 9.84 Å². The molecule has 0 aliphatic rings. The molecule has 0 bridgehead atoms. The summed E-state index contributed by atoms with van der Waals surface area (Å²) in [7, 11) is -3.14. The van der Waals surface area contributed by atoms with Gasteiger partial charge in [-0.15, -0.1) is 0 Å². The Hall–Kier alpha value is -1.59. The lowest BCUT2D eigenvalue weighted by Crippen LogP contribution is -2.22. The summed E-state index contributed by atoms with van der Waals surface area (Å²) < 4.78 is 28.5. The maximum Gasteiger partial charge on any atom is 0.175 e. The molecular formula is C16H21NO3S. The molecule has 1 aromatic carbocycles. The van der Waals surface area contributed by atoms with Gasteiger partial charge in [0, 0.05) is 12.3 Å². The van der Waals surface area contributed by atoms with Gasteiger partial charge in [-0.05, 0) is 50.6 Å². The molecule has 0 radical (unpaired) electrons. The molecule has 0 fully saturated rings. The minimum atomic E-state index is -3.14. The van der Waals surface area contributed by atoms with Crippen molar-refractivity contribution in [3.05, 3.63) is 53.5 Å². The predicted octanol–water partition coefficient (Wildman–Crippen LogP) is 3.40. The number of hydrogen-bond acceptors (Lipinski definition) is 4. The van der Waals surface area contributed by atoms with Crippen LogP contribution in [0.3, 0.4) is 0 Å². The van der Waals surface area contributed by atoms with E-state index in [0.717, 1.165) is 17.1 Å². The number of furan rings is 1. The van der Waals surface area contributed by atoms with Crippen molar-refractivity contribution in [2.24, 2.45) is 0 Å². The van der Waals surface area contributed by atoms with Crippen LogP contribution >= 0.6 is 0 Å². The molecule has 0 saturated carbocycles. The van der Waals surface area contributed by atoms with Gasteiger partial charge in [-0.25, -0.2) is 8.42 Å². The Labute approximate surface area is 126 Å². The molecule has 4 nitrogen and oxygen atoms in total. The zero-order chi connectivity index (χ0) is 15.6. The molecule has 2 aromatic rings. The van der Waals surface area contributed by atoms with E-state index in [1.54, 1.807) is 12.1 Å². The normalized spacial score (nSPS) is 14.9. The Bertz CT molecular complexity index is 701. The zero-order valence-corrected chi connectivity index (χ0v) is 13.6. The van der Waals surface area contributed by atoms with E-state index in [1.165, 1.54) is 6.26 Å². The van der Waals surface area contributed by atoms with Crippen LogP contribution in [0.4, 0.5) is 0 Å². The standard InChI is InChI=1S/C16H21NO3S/c1-11-5-10-16(20-11)13(3)17-12(2)14-6-8-15(9-7-14)21(4,18)19/h5-10,12-13,17H,1-4H3. The Morgan fingerprint density at radius 1 is 1.00 bits per heavy atom. The number of rotatable bonds is 5. The molecule has 0 aliphatic heterocycles. The van der Waals surface area contributed by atoms with Crippen LogP contribution in [0, 0.1) is 6.92 Å². The molecule has 2 unspecified atom stereocenters. The third-order valence-corrected chi connectivity index (χ3v) is 4.62. The summed E-state index contributed by atoms with van der Waals surface area (Å²) in [4.78, 5) is 0.341. The molecule has 114 valence electrons. The second-order valence-corrected chi connectivity index (χ2v) is 7.42. The second kappa shape index (κ2) is 6.03. The van der Waals surface area contributed by atoms with Gasteiger partial charge < -0.3 is 9.73 Å². The maximum absolute atomic E-state index is 11.5. The van der Waals surface area contributed by atoms with E-state index >= 15 is 0 Å². The van der Waals surface area contributed by atoms with Crippen molar-refractivity contribution in [1.29, 1.82) is 0 Å². The molecule has 5 heteroatoms. The van der Waals surface area contributed by atoms with Crippen molar-refractivity contribution < 1.29 is 12.8 Å². The zero-order valence-electron chi connectivity index (χ0n) is 12.8. The van der Waals surface area contributed by atoms with Crippen LogP contribution in [0.15, 0.2) is 45.7 Å². The molecule has 0 spiro atoms. The van der Waals surface area contributed by atoms with E-state index in [0.29, 0.717) is 4.90 Å². The summed E-state index contributed by atoms with van der Waals surface area (Å²) in [6.45, 7) is 6.00. The van der Waals surface area contributed by atoms with Gasteiger partial charge in [-0.2, -0.15) is 0 Å². The van der Waals surface area contributed by atoms with Crippen molar-refractivity contribution in [3.8, 4) is 0 Å². The van der Waals surface area contributed by atoms with Crippen LogP contribution in [0.5, 0.6) is 0 Å². The maximum atomic E-state index is 11.5. The molecule has 1 heterocycles. The molecule has 1 N–H and O–H groups in total. The number of benzene rings is 1. The SMILES string of the molecule is Cc1ccc(C(C)NC(C)c2ccc(S(C)(=O)=O)cc2)o1. The number of hydrogen-bond donors (Lipinski definition) is 1. The lowest BCUT2D eigenvalue weighted by Gasteiger charge is -2.19. The van der Waals surface area contributed by atoms with Gasteiger partial charge in [-0.1, -0.05) is 12.1 Å². The van der Waals surface area contributed by atoms with E-state index in [2.05, 4.69) is 5.32 Å². The average Bonchev–Trinajstić information content (AvgIpc) is 2.84. The minimum Gasteiger partial charge on any atom is -0.465 e. The molecule has 1 aromatic heterocycles. The molecular weight excluding hydrogens is 286 g/mol. The summed E-state index contributed by atoms with van der Waals surface area (Å²) in [6, 6.07) is 11.1. The van der Waals surface area contributed by atoms with Crippen LogP contribution in [-0.4, -0.2) is 14.7 Å². The van der Waals surface area contributed by atoms with Crippen molar-refractivity contribution in [3.63, 3.8) is 0 Å². The average molecular weight is 307 g/mol. The first-order chi connectivity index (χ1) is 9.77. The molecule has 21 heavy (non-hydrogen) atoms. The first-order valence-electron chi connectivity index (χ1n) is 6.90. The van der Waals surface area contributed by atoms with E-state index < -0.39 is 9.84 Å². The third kappa shape index (κ3) is 3.95. The summed E-state index contributed by atoms with van der Waals surface area (Å²) in [5, 5.41) is 3.44. The smallest absolute Gasteiger partial charge is 0.175 e. The van der Waals surface area contributed by atoms with Crippen molar-refractivity contribution in [1.82, 2.24) is 5.32 Å². The van der Waals surface area contributed by atoms with Gasteiger partial charge in [-0.3, -0.25) is 0 Å². The Kier molecular flexibility index (Phi) is 4.54. The number of sulfone groups is 1. The summed E-state index contributed by atoms with van der Waals surface area (Å²) in [6.07, 6.45) is 1.21.